The van der Waals surface area contributed by atoms with E-state index in [1.807, 2.05) is 49.6 Å². The number of hydrogen-bond donors (Lipinski definition) is 1. The number of thioether (sulfide) groups is 1. The van der Waals surface area contributed by atoms with Crippen LogP contribution in [0.15, 0.2) is 41.8 Å². The summed E-state index contributed by atoms with van der Waals surface area (Å²) in [6.07, 6.45) is 0. The van der Waals surface area contributed by atoms with E-state index < -0.39 is 0 Å². The van der Waals surface area contributed by atoms with Gasteiger partial charge in [-0.25, -0.2) is 4.98 Å². The molecule has 2 unspecified atom stereocenters. The molecule has 1 aliphatic heterocycles. The van der Waals surface area contributed by atoms with Crippen LogP contribution in [0, 0.1) is 6.92 Å². The number of carbonyl (C=O) groups is 1. The van der Waals surface area contributed by atoms with Gasteiger partial charge in [-0.1, -0.05) is 37.6 Å². The minimum atomic E-state index is -0.138. The van der Waals surface area contributed by atoms with Gasteiger partial charge in [0.1, 0.15) is 11.1 Å². The third-order valence-corrected chi connectivity index (χ3v) is 7.72. The molecule has 1 amide bonds. The highest BCUT2D eigenvalue weighted by atomic mass is 35.5. The molecule has 1 saturated heterocycles. The van der Waals surface area contributed by atoms with E-state index in [9.17, 15) is 9.90 Å². The number of rotatable bonds is 4. The lowest BCUT2D eigenvalue weighted by molar-refractivity contribution is -0.117. The Morgan fingerprint density at radius 2 is 1.90 bits per heavy atom. The van der Waals surface area contributed by atoms with E-state index in [0.717, 1.165) is 27.9 Å². The summed E-state index contributed by atoms with van der Waals surface area (Å²) in [5, 5.41) is 13.3. The molecule has 1 aromatic heterocycles. The van der Waals surface area contributed by atoms with Gasteiger partial charge >= 0.3 is 0 Å². The SMILES string of the molecule is Cc1cc(O)c(C(C)C)cc1-c1csc(N2C(=O)C(C)SC2c2ccc(Cl)cc2)n1. The van der Waals surface area contributed by atoms with Crippen molar-refractivity contribution < 1.29 is 9.90 Å². The summed E-state index contributed by atoms with van der Waals surface area (Å²) in [5.41, 5.74) is 4.68. The van der Waals surface area contributed by atoms with Gasteiger partial charge in [0.25, 0.3) is 0 Å². The zero-order valence-corrected chi connectivity index (χ0v) is 19.6. The molecule has 2 atom stereocenters. The van der Waals surface area contributed by atoms with Gasteiger partial charge in [0.2, 0.25) is 5.91 Å². The molecule has 1 fully saturated rings. The van der Waals surface area contributed by atoms with E-state index in [1.54, 1.807) is 22.7 Å². The zero-order chi connectivity index (χ0) is 21.6. The van der Waals surface area contributed by atoms with Crippen LogP contribution >= 0.6 is 34.7 Å². The van der Waals surface area contributed by atoms with E-state index >= 15 is 0 Å². The van der Waals surface area contributed by atoms with Gasteiger partial charge in [-0.05, 0) is 60.7 Å². The summed E-state index contributed by atoms with van der Waals surface area (Å²) in [5.74, 6) is 0.574. The van der Waals surface area contributed by atoms with Crippen molar-refractivity contribution in [3.05, 3.63) is 63.5 Å². The highest BCUT2D eigenvalue weighted by Crippen LogP contribution is 2.47. The van der Waals surface area contributed by atoms with Gasteiger partial charge in [0.15, 0.2) is 5.13 Å². The number of thiazole rings is 1. The van der Waals surface area contributed by atoms with Crippen LogP contribution < -0.4 is 4.90 Å². The zero-order valence-electron chi connectivity index (χ0n) is 17.2. The first kappa shape index (κ1) is 21.2. The lowest BCUT2D eigenvalue weighted by Gasteiger charge is -2.21. The molecule has 0 saturated carbocycles. The maximum absolute atomic E-state index is 13.0. The van der Waals surface area contributed by atoms with Crippen molar-refractivity contribution in [2.75, 3.05) is 4.90 Å². The van der Waals surface area contributed by atoms with Crippen LogP contribution in [0.5, 0.6) is 5.75 Å². The maximum Gasteiger partial charge on any atom is 0.242 e. The van der Waals surface area contributed by atoms with Crippen molar-refractivity contribution in [2.45, 2.75) is 44.2 Å². The molecule has 4 rings (SSSR count). The standard InChI is InChI=1S/C23H23ClN2O2S2/c1-12(2)17-10-18(13(3)9-20(17)27)19-11-29-23(25-19)26-21(28)14(4)30-22(26)15-5-7-16(24)8-6-15/h5-12,14,22,27H,1-4H3. The quantitative estimate of drug-likeness (QED) is 0.468. The fraction of sp³-hybridized carbons (Fsp3) is 0.304. The van der Waals surface area contributed by atoms with Crippen LogP contribution in [-0.2, 0) is 4.79 Å². The summed E-state index contributed by atoms with van der Waals surface area (Å²) < 4.78 is 0. The smallest absolute Gasteiger partial charge is 0.242 e. The van der Waals surface area contributed by atoms with Crippen molar-refractivity contribution in [1.82, 2.24) is 4.98 Å². The first-order valence-electron chi connectivity index (χ1n) is 9.79. The van der Waals surface area contributed by atoms with Gasteiger partial charge in [-0.3, -0.25) is 9.69 Å². The van der Waals surface area contributed by atoms with Crippen molar-refractivity contribution in [2.24, 2.45) is 0 Å². The number of aryl methyl sites for hydroxylation is 1. The average molecular weight is 459 g/mol. The third-order valence-electron chi connectivity index (χ3n) is 5.28. The highest BCUT2D eigenvalue weighted by molar-refractivity contribution is 8.01. The number of aromatic nitrogens is 1. The molecular formula is C23H23ClN2O2S2. The maximum atomic E-state index is 13.0. The summed E-state index contributed by atoms with van der Waals surface area (Å²) >= 11 is 9.13. The van der Waals surface area contributed by atoms with Crippen molar-refractivity contribution in [3.63, 3.8) is 0 Å². The second-order valence-corrected chi connectivity index (χ2v) is 10.5. The van der Waals surface area contributed by atoms with Crippen molar-refractivity contribution in [3.8, 4) is 17.0 Å². The fourth-order valence-electron chi connectivity index (χ4n) is 3.62. The second-order valence-electron chi connectivity index (χ2n) is 7.79. The number of nitrogens with zero attached hydrogens (tertiary/aromatic N) is 2. The molecular weight excluding hydrogens is 436 g/mol. The fourth-order valence-corrected chi connectivity index (χ4v) is 5.93. The topological polar surface area (TPSA) is 53.4 Å². The lowest BCUT2D eigenvalue weighted by Crippen LogP contribution is -2.30. The summed E-state index contributed by atoms with van der Waals surface area (Å²) in [6.45, 7) is 8.01. The molecule has 0 spiro atoms. The monoisotopic (exact) mass is 458 g/mol. The molecule has 7 heteroatoms. The van der Waals surface area contributed by atoms with Crippen LogP contribution in [0.25, 0.3) is 11.3 Å². The normalized spacial score (nSPS) is 19.1. The molecule has 2 aromatic carbocycles. The van der Waals surface area contributed by atoms with Gasteiger partial charge < -0.3 is 5.11 Å². The van der Waals surface area contributed by atoms with Crippen LogP contribution in [0.2, 0.25) is 5.02 Å². The minimum Gasteiger partial charge on any atom is -0.508 e. The van der Waals surface area contributed by atoms with E-state index in [1.165, 1.54) is 11.3 Å². The number of aromatic hydroxyl groups is 1. The largest absolute Gasteiger partial charge is 0.508 e. The van der Waals surface area contributed by atoms with Gasteiger partial charge in [-0.15, -0.1) is 23.1 Å². The van der Waals surface area contributed by atoms with Crippen LogP contribution in [-0.4, -0.2) is 21.2 Å². The summed E-state index contributed by atoms with van der Waals surface area (Å²) in [4.78, 5) is 19.6. The molecule has 4 nitrogen and oxygen atoms in total. The molecule has 0 bridgehead atoms. The Morgan fingerprint density at radius 3 is 2.57 bits per heavy atom. The Kier molecular flexibility index (Phi) is 5.84. The van der Waals surface area contributed by atoms with Gasteiger partial charge in [0, 0.05) is 16.0 Å². The van der Waals surface area contributed by atoms with Crippen molar-refractivity contribution >= 4 is 45.7 Å². The Labute approximate surface area is 189 Å². The molecule has 1 aliphatic rings. The minimum absolute atomic E-state index is 0.0612. The second kappa shape index (κ2) is 8.25. The Balaban J connectivity index is 1.73. The van der Waals surface area contributed by atoms with E-state index in [4.69, 9.17) is 16.6 Å². The summed E-state index contributed by atoms with van der Waals surface area (Å²) in [6, 6.07) is 11.4. The van der Waals surface area contributed by atoms with Crippen LogP contribution in [0.3, 0.4) is 0 Å². The first-order chi connectivity index (χ1) is 14.3. The van der Waals surface area contributed by atoms with E-state index in [2.05, 4.69) is 13.8 Å². The van der Waals surface area contributed by atoms with E-state index in [0.29, 0.717) is 15.9 Å². The van der Waals surface area contributed by atoms with Gasteiger partial charge in [0.05, 0.1) is 10.9 Å². The van der Waals surface area contributed by atoms with Gasteiger partial charge in [-0.2, -0.15) is 0 Å². The van der Waals surface area contributed by atoms with E-state index in [-0.39, 0.29) is 22.4 Å². The average Bonchev–Trinajstić information content (AvgIpc) is 3.27. The van der Waals surface area contributed by atoms with Crippen LogP contribution in [0.4, 0.5) is 5.13 Å². The molecule has 0 radical (unpaired) electrons. The number of benzene rings is 2. The lowest BCUT2D eigenvalue weighted by atomic mass is 9.95. The highest BCUT2D eigenvalue weighted by Gasteiger charge is 2.41. The number of phenolic OH excluding ortho intramolecular Hbond substituents is 1. The van der Waals surface area contributed by atoms with Crippen molar-refractivity contribution in [1.29, 1.82) is 0 Å². The number of halogens is 1. The molecule has 2 heterocycles. The molecule has 0 aliphatic carbocycles. The Morgan fingerprint density at radius 1 is 1.20 bits per heavy atom. The number of amides is 1. The third kappa shape index (κ3) is 3.84. The molecule has 30 heavy (non-hydrogen) atoms. The summed E-state index contributed by atoms with van der Waals surface area (Å²) in [7, 11) is 0. The molecule has 1 N–H and O–H groups in total. The number of anilines is 1. The predicted molar refractivity (Wildman–Crippen MR) is 127 cm³/mol. The Hall–Kier alpha value is -2.02. The number of phenols is 1. The molecule has 156 valence electrons. The molecule has 3 aromatic rings. The number of hydrogen-bond acceptors (Lipinski definition) is 5. The number of carbonyl (C=O) groups excluding carboxylic acids is 1. The Bertz CT molecular complexity index is 1100. The van der Waals surface area contributed by atoms with Crippen LogP contribution in [0.1, 0.15) is 48.8 Å². The predicted octanol–water partition coefficient (Wildman–Crippen LogP) is 6.77. The first-order valence-corrected chi connectivity index (χ1v) is 12.0.